The van der Waals surface area contributed by atoms with Crippen LogP contribution in [0.25, 0.3) is 0 Å². The first-order chi connectivity index (χ1) is 9.90. The van der Waals surface area contributed by atoms with E-state index in [1.807, 2.05) is 0 Å². The lowest BCUT2D eigenvalue weighted by molar-refractivity contribution is -0.386. The van der Waals surface area contributed by atoms with E-state index in [0.717, 1.165) is 12.3 Å². The van der Waals surface area contributed by atoms with Gasteiger partial charge in [0.05, 0.1) is 11.1 Å². The molecule has 0 aliphatic heterocycles. The summed E-state index contributed by atoms with van der Waals surface area (Å²) in [5.74, 6) is -2.88. The lowest BCUT2D eigenvalue weighted by Gasteiger charge is -2.09. The molecule has 8 heteroatoms. The lowest BCUT2D eigenvalue weighted by Crippen LogP contribution is -2.04. The molecule has 0 aliphatic carbocycles. The molecular weight excluding hydrogens is 283 g/mol. The van der Waals surface area contributed by atoms with Crippen LogP contribution in [0.2, 0.25) is 0 Å². The van der Waals surface area contributed by atoms with Crippen molar-refractivity contribution in [2.75, 3.05) is 0 Å². The third-order valence-corrected chi connectivity index (χ3v) is 2.64. The molecule has 0 radical (unpaired) electrons. The number of aromatic nitrogens is 1. The maximum atomic E-state index is 13.0. The minimum absolute atomic E-state index is 0.165. The molecule has 2 aromatic rings. The second-order valence-electron chi connectivity index (χ2n) is 4.09. The first-order valence-electron chi connectivity index (χ1n) is 5.71. The van der Waals surface area contributed by atoms with Crippen LogP contribution < -0.4 is 4.74 Å². The molecular formula is C13H9FN2O5. The Bertz CT molecular complexity index is 732. The summed E-state index contributed by atoms with van der Waals surface area (Å²) in [6, 6.07) is 5.07. The molecule has 1 N–H and O–H groups in total. The number of nitrogens with zero attached hydrogens (tertiary/aromatic N) is 2. The SMILES string of the molecule is Cc1cccc(Oc2ncc(F)cc2C(=O)O)c1[N+](=O)[O-]. The summed E-state index contributed by atoms with van der Waals surface area (Å²) in [6.45, 7) is 1.52. The number of hydrogen-bond donors (Lipinski definition) is 1. The van der Waals surface area contributed by atoms with Crippen molar-refractivity contribution in [3.8, 4) is 11.6 Å². The molecule has 1 aromatic heterocycles. The molecule has 0 saturated heterocycles. The predicted octanol–water partition coefficient (Wildman–Crippen LogP) is 2.93. The highest BCUT2D eigenvalue weighted by Crippen LogP contribution is 2.34. The van der Waals surface area contributed by atoms with Crippen molar-refractivity contribution in [1.82, 2.24) is 4.98 Å². The van der Waals surface area contributed by atoms with Crippen molar-refractivity contribution < 1.29 is 24.0 Å². The second kappa shape index (κ2) is 5.53. The monoisotopic (exact) mass is 292 g/mol. The molecule has 1 aromatic carbocycles. The number of nitro benzene ring substituents is 1. The van der Waals surface area contributed by atoms with Crippen LogP contribution in [0.15, 0.2) is 30.5 Å². The smallest absolute Gasteiger partial charge is 0.341 e. The molecule has 0 amide bonds. The number of carbonyl (C=O) groups is 1. The largest absolute Gasteiger partial charge is 0.477 e. The number of pyridine rings is 1. The zero-order valence-electron chi connectivity index (χ0n) is 10.7. The lowest BCUT2D eigenvalue weighted by atomic mass is 10.2. The first kappa shape index (κ1) is 14.4. The molecule has 1 heterocycles. The molecule has 0 aliphatic rings. The van der Waals surface area contributed by atoms with E-state index < -0.39 is 28.2 Å². The summed E-state index contributed by atoms with van der Waals surface area (Å²) >= 11 is 0. The van der Waals surface area contributed by atoms with Crippen LogP contribution in [-0.4, -0.2) is 21.0 Å². The standard InChI is InChI=1S/C13H9FN2O5/c1-7-3-2-4-10(11(7)16(19)20)21-12-9(13(17)18)5-8(14)6-15-12/h2-6H,1H3,(H,17,18). The van der Waals surface area contributed by atoms with Gasteiger partial charge in [0.15, 0.2) is 0 Å². The Morgan fingerprint density at radius 2 is 2.19 bits per heavy atom. The van der Waals surface area contributed by atoms with E-state index in [1.165, 1.54) is 25.1 Å². The van der Waals surface area contributed by atoms with Crippen molar-refractivity contribution in [3.05, 3.63) is 57.5 Å². The maximum Gasteiger partial charge on any atom is 0.341 e. The van der Waals surface area contributed by atoms with E-state index >= 15 is 0 Å². The molecule has 7 nitrogen and oxygen atoms in total. The predicted molar refractivity (Wildman–Crippen MR) is 69.1 cm³/mol. The average molecular weight is 292 g/mol. The van der Waals surface area contributed by atoms with Gasteiger partial charge in [-0.25, -0.2) is 14.2 Å². The van der Waals surface area contributed by atoms with E-state index in [-0.39, 0.29) is 11.4 Å². The van der Waals surface area contributed by atoms with Crippen LogP contribution in [0.1, 0.15) is 15.9 Å². The van der Waals surface area contributed by atoms with Crippen LogP contribution in [0.3, 0.4) is 0 Å². The summed E-state index contributed by atoms with van der Waals surface area (Å²) in [5.41, 5.74) is -0.484. The van der Waals surface area contributed by atoms with Gasteiger partial charge in [0.1, 0.15) is 11.4 Å². The van der Waals surface area contributed by atoms with Crippen molar-refractivity contribution in [3.63, 3.8) is 0 Å². The van der Waals surface area contributed by atoms with Crippen molar-refractivity contribution in [2.45, 2.75) is 6.92 Å². The van der Waals surface area contributed by atoms with Gasteiger partial charge in [0.25, 0.3) is 0 Å². The fourth-order valence-corrected chi connectivity index (χ4v) is 1.71. The highest BCUT2D eigenvalue weighted by molar-refractivity contribution is 5.90. The number of para-hydroxylation sites is 1. The van der Waals surface area contributed by atoms with Gasteiger partial charge in [0.2, 0.25) is 11.6 Å². The number of aryl methyl sites for hydroxylation is 1. The highest BCUT2D eigenvalue weighted by atomic mass is 19.1. The third-order valence-electron chi connectivity index (χ3n) is 2.64. The molecule has 0 spiro atoms. The molecule has 0 unspecified atom stereocenters. The van der Waals surface area contributed by atoms with Gasteiger partial charge in [-0.1, -0.05) is 12.1 Å². The van der Waals surface area contributed by atoms with Crippen LogP contribution in [0.4, 0.5) is 10.1 Å². The normalized spacial score (nSPS) is 10.2. The quantitative estimate of drug-likeness (QED) is 0.686. The Kier molecular flexibility index (Phi) is 3.79. The number of halogens is 1. The number of aromatic carboxylic acids is 1. The highest BCUT2D eigenvalue weighted by Gasteiger charge is 2.22. The van der Waals surface area contributed by atoms with Crippen molar-refractivity contribution in [1.29, 1.82) is 0 Å². The van der Waals surface area contributed by atoms with E-state index in [4.69, 9.17) is 9.84 Å². The van der Waals surface area contributed by atoms with Crippen LogP contribution in [0, 0.1) is 22.9 Å². The number of nitro groups is 1. The molecule has 0 fully saturated rings. The molecule has 0 saturated carbocycles. The van der Waals surface area contributed by atoms with Gasteiger partial charge < -0.3 is 9.84 Å². The molecule has 0 bridgehead atoms. The fraction of sp³-hybridized carbons (Fsp3) is 0.0769. The van der Waals surface area contributed by atoms with Gasteiger partial charge in [-0.2, -0.15) is 0 Å². The zero-order valence-corrected chi connectivity index (χ0v) is 10.7. The molecule has 2 rings (SSSR count). The molecule has 21 heavy (non-hydrogen) atoms. The Balaban J connectivity index is 2.51. The number of carboxylic acid groups (broad SMARTS) is 1. The summed E-state index contributed by atoms with van der Waals surface area (Å²) in [5, 5.41) is 20.0. The Morgan fingerprint density at radius 1 is 1.48 bits per heavy atom. The summed E-state index contributed by atoms with van der Waals surface area (Å²) in [6.07, 6.45) is 0.767. The van der Waals surface area contributed by atoms with Gasteiger partial charge in [-0.05, 0) is 19.1 Å². The minimum atomic E-state index is -1.45. The maximum absolute atomic E-state index is 13.0. The number of ether oxygens (including phenoxy) is 1. The fourth-order valence-electron chi connectivity index (χ4n) is 1.71. The topological polar surface area (TPSA) is 103 Å². The van der Waals surface area contributed by atoms with Crippen molar-refractivity contribution >= 4 is 11.7 Å². The number of benzene rings is 1. The molecule has 108 valence electrons. The van der Waals surface area contributed by atoms with Crippen molar-refractivity contribution in [2.24, 2.45) is 0 Å². The van der Waals surface area contributed by atoms with Crippen LogP contribution >= 0.6 is 0 Å². The Morgan fingerprint density at radius 3 is 2.81 bits per heavy atom. The number of carboxylic acids is 1. The van der Waals surface area contributed by atoms with Gasteiger partial charge in [0, 0.05) is 5.56 Å². The van der Waals surface area contributed by atoms with E-state index in [9.17, 15) is 19.3 Å². The summed E-state index contributed by atoms with van der Waals surface area (Å²) in [7, 11) is 0. The first-order valence-corrected chi connectivity index (χ1v) is 5.71. The van der Waals surface area contributed by atoms with E-state index in [1.54, 1.807) is 0 Å². The molecule has 0 atom stereocenters. The van der Waals surface area contributed by atoms with Crippen LogP contribution in [0.5, 0.6) is 11.6 Å². The van der Waals surface area contributed by atoms with Gasteiger partial charge in [-0.3, -0.25) is 10.1 Å². The van der Waals surface area contributed by atoms with E-state index in [2.05, 4.69) is 4.98 Å². The Hall–Kier alpha value is -3.03. The third kappa shape index (κ3) is 2.94. The zero-order chi connectivity index (χ0) is 15.6. The summed E-state index contributed by atoms with van der Waals surface area (Å²) in [4.78, 5) is 24.9. The van der Waals surface area contributed by atoms with Crippen LogP contribution in [-0.2, 0) is 0 Å². The average Bonchev–Trinajstić information content (AvgIpc) is 2.40. The number of hydrogen-bond acceptors (Lipinski definition) is 5. The van der Waals surface area contributed by atoms with Gasteiger partial charge >= 0.3 is 11.7 Å². The minimum Gasteiger partial charge on any atom is -0.477 e. The Labute approximate surface area is 117 Å². The van der Waals surface area contributed by atoms with E-state index in [0.29, 0.717) is 5.56 Å². The number of rotatable bonds is 4. The second-order valence-corrected chi connectivity index (χ2v) is 4.09. The summed E-state index contributed by atoms with van der Waals surface area (Å²) < 4.78 is 18.2. The van der Waals surface area contributed by atoms with Gasteiger partial charge in [-0.15, -0.1) is 0 Å².